The van der Waals surface area contributed by atoms with Gasteiger partial charge in [-0.25, -0.2) is 0 Å². The van der Waals surface area contributed by atoms with Gasteiger partial charge in [0.25, 0.3) is 0 Å². The van der Waals surface area contributed by atoms with Crippen LogP contribution in [0.2, 0.25) is 0 Å². The minimum Gasteiger partial charge on any atom is -0.370 e. The zero-order valence-corrected chi connectivity index (χ0v) is 12.0. The minimum atomic E-state index is -0.654. The number of halogens is 2. The fourth-order valence-corrected chi connectivity index (χ4v) is 1.96. The highest BCUT2D eigenvalue weighted by Crippen LogP contribution is 2.14. The second kappa shape index (κ2) is 7.97. The van der Waals surface area contributed by atoms with Gasteiger partial charge in [0.05, 0.1) is 4.92 Å². The first-order valence-electron chi connectivity index (χ1n) is 4.40. The molecule has 0 radical (unpaired) electrons. The first kappa shape index (κ1) is 15.8. The maximum absolute atomic E-state index is 10.7. The first-order chi connectivity index (χ1) is 7.93. The fourth-order valence-electron chi connectivity index (χ4n) is 0.871. The van der Waals surface area contributed by atoms with Gasteiger partial charge in [-0.3, -0.25) is 15.5 Å². The molecular formula is C10H11Br2N3O2. The predicted molar refractivity (Wildman–Crippen MR) is 76.1 cm³/mol. The van der Waals surface area contributed by atoms with Crippen molar-refractivity contribution in [3.8, 4) is 0 Å². The maximum Gasteiger partial charge on any atom is 0.331 e. The number of nitro groups is 1. The van der Waals surface area contributed by atoms with Gasteiger partial charge in [-0.15, -0.1) is 0 Å². The van der Waals surface area contributed by atoms with Crippen LogP contribution < -0.4 is 5.32 Å². The first-order valence-corrected chi connectivity index (χ1v) is 5.99. The van der Waals surface area contributed by atoms with Crippen LogP contribution >= 0.6 is 31.9 Å². The Morgan fingerprint density at radius 2 is 2.06 bits per heavy atom. The van der Waals surface area contributed by atoms with Gasteiger partial charge >= 0.3 is 5.70 Å². The van der Waals surface area contributed by atoms with E-state index in [2.05, 4.69) is 50.3 Å². The molecular weight excluding hydrogens is 354 g/mol. The van der Waals surface area contributed by atoms with E-state index >= 15 is 0 Å². The Labute approximate surface area is 116 Å². The van der Waals surface area contributed by atoms with Crippen LogP contribution in [0.3, 0.4) is 0 Å². The van der Waals surface area contributed by atoms with Crippen LogP contribution in [0.5, 0.6) is 0 Å². The van der Waals surface area contributed by atoms with Gasteiger partial charge in [0, 0.05) is 6.54 Å². The molecule has 92 valence electrons. The molecule has 0 heterocycles. The molecule has 0 aromatic carbocycles. The SMILES string of the molecule is C=C/C=C(\C=C)CN/C(Br)=C(\C(=N)Br)[N+](=O)[O-]. The Balaban J connectivity index is 4.88. The predicted octanol–water partition coefficient (Wildman–Crippen LogP) is 3.09. The minimum absolute atomic E-state index is 0.126. The molecule has 0 aliphatic rings. The van der Waals surface area contributed by atoms with Crippen molar-refractivity contribution in [3.63, 3.8) is 0 Å². The van der Waals surface area contributed by atoms with Crippen LogP contribution in [-0.2, 0) is 0 Å². The summed E-state index contributed by atoms with van der Waals surface area (Å²) in [5, 5.41) is 20.7. The molecule has 0 atom stereocenters. The normalized spacial score (nSPS) is 12.5. The van der Waals surface area contributed by atoms with Gasteiger partial charge in [-0.05, 0) is 37.4 Å². The molecule has 0 saturated carbocycles. The second-order valence-corrected chi connectivity index (χ2v) is 4.35. The van der Waals surface area contributed by atoms with Crippen molar-refractivity contribution < 1.29 is 4.92 Å². The third-order valence-electron chi connectivity index (χ3n) is 1.64. The van der Waals surface area contributed by atoms with E-state index in [1.165, 1.54) is 0 Å². The van der Waals surface area contributed by atoms with Crippen LogP contribution in [0.4, 0.5) is 0 Å². The Kier molecular flexibility index (Phi) is 7.40. The van der Waals surface area contributed by atoms with E-state index in [-0.39, 0.29) is 14.9 Å². The lowest BCUT2D eigenvalue weighted by Crippen LogP contribution is -2.19. The highest BCUT2D eigenvalue weighted by Gasteiger charge is 2.20. The third-order valence-corrected chi connectivity index (χ3v) is 2.67. The van der Waals surface area contributed by atoms with E-state index in [0.717, 1.165) is 5.57 Å². The number of allylic oxidation sites excluding steroid dienone is 3. The van der Waals surface area contributed by atoms with Gasteiger partial charge in [0.2, 0.25) is 0 Å². The topological polar surface area (TPSA) is 79.0 Å². The van der Waals surface area contributed by atoms with Gasteiger partial charge in [0.15, 0.2) is 9.23 Å². The van der Waals surface area contributed by atoms with Gasteiger partial charge in [-0.2, -0.15) is 0 Å². The van der Waals surface area contributed by atoms with Crippen LogP contribution in [0.15, 0.2) is 47.3 Å². The molecule has 0 saturated heterocycles. The quantitative estimate of drug-likeness (QED) is 0.239. The third kappa shape index (κ3) is 5.60. The summed E-state index contributed by atoms with van der Waals surface area (Å²) in [5.74, 6) is 0. The molecule has 0 aromatic heterocycles. The Morgan fingerprint density at radius 3 is 2.41 bits per heavy atom. The maximum atomic E-state index is 10.7. The largest absolute Gasteiger partial charge is 0.370 e. The van der Waals surface area contributed by atoms with Crippen LogP contribution in [0.25, 0.3) is 0 Å². The van der Waals surface area contributed by atoms with E-state index in [1.54, 1.807) is 18.2 Å². The monoisotopic (exact) mass is 363 g/mol. The molecule has 0 unspecified atom stereocenters. The number of hydrogen-bond donors (Lipinski definition) is 2. The molecule has 0 spiro atoms. The van der Waals surface area contributed by atoms with E-state index < -0.39 is 4.92 Å². The van der Waals surface area contributed by atoms with Crippen molar-refractivity contribution in [2.24, 2.45) is 0 Å². The zero-order chi connectivity index (χ0) is 13.4. The highest BCUT2D eigenvalue weighted by molar-refractivity contribution is 9.18. The molecule has 5 nitrogen and oxygen atoms in total. The molecule has 7 heteroatoms. The molecule has 2 N–H and O–H groups in total. The molecule has 0 bridgehead atoms. The lowest BCUT2D eigenvalue weighted by molar-refractivity contribution is -0.415. The molecule has 17 heavy (non-hydrogen) atoms. The smallest absolute Gasteiger partial charge is 0.331 e. The van der Waals surface area contributed by atoms with Crippen LogP contribution in [-0.4, -0.2) is 16.1 Å². The molecule has 0 amide bonds. The summed E-state index contributed by atoms with van der Waals surface area (Å²) >= 11 is 5.78. The van der Waals surface area contributed by atoms with Crippen molar-refractivity contribution in [2.75, 3.05) is 6.54 Å². The highest BCUT2D eigenvalue weighted by atomic mass is 79.9. The van der Waals surface area contributed by atoms with E-state index in [1.807, 2.05) is 0 Å². The second-order valence-electron chi connectivity index (χ2n) is 2.77. The average molecular weight is 365 g/mol. The Bertz CT molecular complexity index is 398. The van der Waals surface area contributed by atoms with Crippen molar-refractivity contribution >= 4 is 36.5 Å². The molecule has 0 rings (SSSR count). The average Bonchev–Trinajstić information content (AvgIpc) is 2.23. The van der Waals surface area contributed by atoms with Crippen molar-refractivity contribution in [2.45, 2.75) is 0 Å². The summed E-state index contributed by atoms with van der Waals surface area (Å²) in [6, 6.07) is 0. The van der Waals surface area contributed by atoms with Gasteiger partial charge in [-0.1, -0.05) is 31.4 Å². The van der Waals surface area contributed by atoms with Gasteiger partial charge < -0.3 is 5.32 Å². The fraction of sp³-hybridized carbons (Fsp3) is 0.100. The molecule has 0 aromatic rings. The van der Waals surface area contributed by atoms with E-state index in [4.69, 9.17) is 5.41 Å². The lowest BCUT2D eigenvalue weighted by atomic mass is 10.2. The Hall–Kier alpha value is -1.21. The summed E-state index contributed by atoms with van der Waals surface area (Å²) < 4.78 is -0.184. The summed E-state index contributed by atoms with van der Waals surface area (Å²) in [7, 11) is 0. The molecule has 0 fully saturated rings. The van der Waals surface area contributed by atoms with Crippen molar-refractivity contribution in [3.05, 3.63) is 57.4 Å². The summed E-state index contributed by atoms with van der Waals surface area (Å²) in [6.07, 6.45) is 4.93. The zero-order valence-electron chi connectivity index (χ0n) is 8.87. The van der Waals surface area contributed by atoms with Crippen LogP contribution in [0, 0.1) is 15.5 Å². The molecule has 0 aliphatic heterocycles. The summed E-state index contributed by atoms with van der Waals surface area (Å²) in [4.78, 5) is 10.0. The standard InChI is InChI=1S/C10H11Br2N3O2/c1-3-5-7(4-2)6-14-10(12)8(9(11)13)15(16)17/h3-5,13-14H,1-2,6H2/b7-5+,10-8+,13-9?. The number of hydrogen-bond acceptors (Lipinski definition) is 4. The molecule has 0 aliphatic carbocycles. The summed E-state index contributed by atoms with van der Waals surface area (Å²) in [6.45, 7) is 7.48. The van der Waals surface area contributed by atoms with E-state index in [0.29, 0.717) is 6.54 Å². The van der Waals surface area contributed by atoms with Crippen molar-refractivity contribution in [1.82, 2.24) is 5.32 Å². The number of nitrogens with zero attached hydrogens (tertiary/aromatic N) is 1. The summed E-state index contributed by atoms with van der Waals surface area (Å²) in [5.41, 5.74) is 0.452. The van der Waals surface area contributed by atoms with E-state index in [9.17, 15) is 10.1 Å². The number of rotatable bonds is 7. The van der Waals surface area contributed by atoms with Crippen molar-refractivity contribution in [1.29, 1.82) is 5.41 Å². The lowest BCUT2D eigenvalue weighted by Gasteiger charge is -2.05. The van der Waals surface area contributed by atoms with Gasteiger partial charge in [0.1, 0.15) is 0 Å². The Morgan fingerprint density at radius 1 is 1.47 bits per heavy atom. The number of nitrogens with one attached hydrogen (secondary N) is 2. The van der Waals surface area contributed by atoms with Crippen LogP contribution in [0.1, 0.15) is 0 Å².